The van der Waals surface area contributed by atoms with Crippen molar-refractivity contribution in [2.45, 2.75) is 13.8 Å². The van der Waals surface area contributed by atoms with Crippen molar-refractivity contribution in [3.05, 3.63) is 254 Å². The number of hydrogen-bond donors (Lipinski definition) is 0. The van der Waals surface area contributed by atoms with Crippen LogP contribution in [-0.2, 0) is 0 Å². The van der Waals surface area contributed by atoms with E-state index < -0.39 is 0 Å². The van der Waals surface area contributed by atoms with Gasteiger partial charge in [0.2, 0.25) is 0 Å². The zero-order valence-corrected chi connectivity index (χ0v) is 37.0. The SMILES string of the molecule is Cc1cc2c3c(c1)N(c1cc(-c4ccccc4)ccc1C)c1ccc(-c4ccccc4)cc1B3N(c1ccc(-c3ccccc3)cc1)c1cc(N(c3ccccc3)c3ccccc3)ccc1-2. The normalized spacial score (nSPS) is 12.3. The van der Waals surface area contributed by atoms with E-state index in [1.54, 1.807) is 0 Å². The summed E-state index contributed by atoms with van der Waals surface area (Å²) in [5, 5.41) is 0. The summed E-state index contributed by atoms with van der Waals surface area (Å²) in [5.74, 6) is 0. The molecular formula is C62H46BN3. The third-order valence-corrected chi connectivity index (χ3v) is 13.4. The van der Waals surface area contributed by atoms with Crippen molar-refractivity contribution in [1.29, 1.82) is 0 Å². The van der Waals surface area contributed by atoms with E-state index in [-0.39, 0.29) is 6.85 Å². The van der Waals surface area contributed by atoms with Gasteiger partial charge in [-0.05, 0) is 142 Å². The van der Waals surface area contributed by atoms with Crippen LogP contribution in [0.4, 0.5) is 45.5 Å². The second kappa shape index (κ2) is 16.3. The third kappa shape index (κ3) is 6.78. The molecular weight excluding hydrogens is 798 g/mol. The highest BCUT2D eigenvalue weighted by atomic mass is 15.2. The molecule has 2 aliphatic rings. The van der Waals surface area contributed by atoms with Gasteiger partial charge < -0.3 is 14.6 Å². The molecule has 10 aromatic carbocycles. The van der Waals surface area contributed by atoms with E-state index >= 15 is 0 Å². The molecule has 4 heteroatoms. The standard InChI is InChI=1S/C62H46BN3/c1-43-38-56-55-36-35-54(64(51-24-14-6-15-25-51)52-26-16-7-17-27-52)42-60(55)66(53-33-30-48(31-34-53)45-18-8-3-9-19-45)63-57-40-49(46-20-10-4-11-21-46)32-37-58(57)65(61(39-43)62(56)63)59-41-50(29-28-44(59)2)47-22-12-5-13-23-47/h3-42H,1-2H3. The van der Waals surface area contributed by atoms with E-state index in [0.717, 1.165) is 28.4 Å². The highest BCUT2D eigenvalue weighted by Crippen LogP contribution is 2.50. The molecule has 0 fully saturated rings. The minimum Gasteiger partial charge on any atom is -0.376 e. The Hall–Kier alpha value is -8.34. The van der Waals surface area contributed by atoms with Crippen LogP contribution >= 0.6 is 0 Å². The van der Waals surface area contributed by atoms with E-state index in [0.29, 0.717) is 0 Å². The van der Waals surface area contributed by atoms with Gasteiger partial charge in [0, 0.05) is 51.1 Å². The Morgan fingerprint density at radius 1 is 0.348 bits per heavy atom. The molecule has 0 radical (unpaired) electrons. The number of benzene rings is 10. The molecule has 0 amide bonds. The van der Waals surface area contributed by atoms with Crippen molar-refractivity contribution >= 4 is 63.3 Å². The lowest BCUT2D eigenvalue weighted by Gasteiger charge is -2.46. The maximum atomic E-state index is 2.63. The molecule has 66 heavy (non-hydrogen) atoms. The zero-order chi connectivity index (χ0) is 44.1. The van der Waals surface area contributed by atoms with Gasteiger partial charge in [0.1, 0.15) is 0 Å². The topological polar surface area (TPSA) is 9.72 Å². The van der Waals surface area contributed by atoms with Crippen LogP contribution in [-0.4, -0.2) is 6.85 Å². The summed E-state index contributed by atoms with van der Waals surface area (Å²) in [6.45, 7) is 4.34. The molecule has 10 aromatic rings. The Morgan fingerprint density at radius 2 is 0.864 bits per heavy atom. The maximum Gasteiger partial charge on any atom is 0.333 e. The number of aryl methyl sites for hydroxylation is 2. The number of fused-ring (bicyclic) bond motifs is 4. The monoisotopic (exact) mass is 843 g/mol. The second-order valence-electron chi connectivity index (χ2n) is 17.5. The molecule has 0 unspecified atom stereocenters. The second-order valence-corrected chi connectivity index (χ2v) is 17.5. The zero-order valence-electron chi connectivity index (χ0n) is 37.0. The van der Waals surface area contributed by atoms with E-state index in [1.807, 2.05) is 0 Å². The van der Waals surface area contributed by atoms with Crippen LogP contribution in [0.15, 0.2) is 243 Å². The Morgan fingerprint density at radius 3 is 1.47 bits per heavy atom. The largest absolute Gasteiger partial charge is 0.376 e. The molecule has 12 rings (SSSR count). The van der Waals surface area contributed by atoms with Crippen LogP contribution in [0.5, 0.6) is 0 Å². The lowest BCUT2D eigenvalue weighted by Crippen LogP contribution is -2.61. The van der Waals surface area contributed by atoms with E-state index in [2.05, 4.69) is 271 Å². The van der Waals surface area contributed by atoms with Crippen molar-refractivity contribution in [3.63, 3.8) is 0 Å². The molecule has 0 saturated heterocycles. The minimum atomic E-state index is -0.157. The molecule has 0 aliphatic carbocycles. The Labute approximate surface area is 388 Å². The van der Waals surface area contributed by atoms with Crippen molar-refractivity contribution in [2.75, 3.05) is 14.6 Å². The Balaban J connectivity index is 1.15. The first-order valence-corrected chi connectivity index (χ1v) is 22.9. The van der Waals surface area contributed by atoms with Crippen molar-refractivity contribution < 1.29 is 0 Å². The molecule has 0 N–H and O–H groups in total. The van der Waals surface area contributed by atoms with Gasteiger partial charge in [0.25, 0.3) is 0 Å². The van der Waals surface area contributed by atoms with Gasteiger partial charge >= 0.3 is 6.85 Å². The van der Waals surface area contributed by atoms with Gasteiger partial charge in [0.15, 0.2) is 0 Å². The van der Waals surface area contributed by atoms with Gasteiger partial charge in [0.05, 0.1) is 0 Å². The molecule has 2 heterocycles. The molecule has 0 bridgehead atoms. The molecule has 0 spiro atoms. The first-order chi connectivity index (χ1) is 32.6. The number of para-hydroxylation sites is 2. The van der Waals surface area contributed by atoms with Crippen molar-refractivity contribution in [2.24, 2.45) is 0 Å². The number of nitrogens with zero attached hydrogens (tertiary/aromatic N) is 3. The Bertz CT molecular complexity index is 3340. The van der Waals surface area contributed by atoms with Crippen LogP contribution in [0, 0.1) is 13.8 Å². The lowest BCUT2D eigenvalue weighted by atomic mass is 9.43. The third-order valence-electron chi connectivity index (χ3n) is 13.4. The highest BCUT2D eigenvalue weighted by Gasteiger charge is 2.45. The van der Waals surface area contributed by atoms with E-state index in [1.165, 1.54) is 83.6 Å². The van der Waals surface area contributed by atoms with Gasteiger partial charge in [-0.25, -0.2) is 0 Å². The first-order valence-electron chi connectivity index (χ1n) is 22.9. The van der Waals surface area contributed by atoms with Gasteiger partial charge in [-0.2, -0.15) is 0 Å². The van der Waals surface area contributed by atoms with Gasteiger partial charge in [-0.1, -0.05) is 176 Å². The first kappa shape index (κ1) is 39.3. The summed E-state index contributed by atoms with van der Waals surface area (Å²) in [4.78, 5) is 7.55. The quantitative estimate of drug-likeness (QED) is 0.141. The average Bonchev–Trinajstić information content (AvgIpc) is 3.38. The molecule has 2 aliphatic heterocycles. The molecule has 3 nitrogen and oxygen atoms in total. The molecule has 0 aromatic heterocycles. The summed E-state index contributed by atoms with van der Waals surface area (Å²) in [6, 6.07) is 88.9. The van der Waals surface area contributed by atoms with Crippen LogP contribution < -0.4 is 25.5 Å². The summed E-state index contributed by atoms with van der Waals surface area (Å²) >= 11 is 0. The average molecular weight is 844 g/mol. The van der Waals surface area contributed by atoms with Crippen molar-refractivity contribution in [1.82, 2.24) is 0 Å². The fourth-order valence-electron chi connectivity index (χ4n) is 10.3. The van der Waals surface area contributed by atoms with E-state index in [4.69, 9.17) is 0 Å². The molecule has 0 saturated carbocycles. The molecule has 312 valence electrons. The predicted octanol–water partition coefficient (Wildman–Crippen LogP) is 15.5. The van der Waals surface area contributed by atoms with Crippen LogP contribution in [0.1, 0.15) is 11.1 Å². The summed E-state index contributed by atoms with van der Waals surface area (Å²) < 4.78 is 0. The molecule has 0 atom stereocenters. The van der Waals surface area contributed by atoms with Crippen LogP contribution in [0.25, 0.3) is 44.5 Å². The van der Waals surface area contributed by atoms with Crippen LogP contribution in [0.2, 0.25) is 0 Å². The fourth-order valence-corrected chi connectivity index (χ4v) is 10.3. The lowest BCUT2D eigenvalue weighted by molar-refractivity contribution is 1.23. The number of anilines is 8. The van der Waals surface area contributed by atoms with Gasteiger partial charge in [-0.3, -0.25) is 0 Å². The highest BCUT2D eigenvalue weighted by molar-refractivity contribution is 6.93. The number of rotatable bonds is 8. The minimum absolute atomic E-state index is 0.157. The summed E-state index contributed by atoms with van der Waals surface area (Å²) in [5.41, 5.74) is 23.8. The number of hydrogen-bond acceptors (Lipinski definition) is 3. The predicted molar refractivity (Wildman–Crippen MR) is 281 cm³/mol. The smallest absolute Gasteiger partial charge is 0.333 e. The van der Waals surface area contributed by atoms with E-state index in [9.17, 15) is 0 Å². The van der Waals surface area contributed by atoms with Crippen LogP contribution in [0.3, 0.4) is 0 Å². The summed E-state index contributed by atoms with van der Waals surface area (Å²) in [7, 11) is 0. The summed E-state index contributed by atoms with van der Waals surface area (Å²) in [6.07, 6.45) is 0. The van der Waals surface area contributed by atoms with Crippen molar-refractivity contribution in [3.8, 4) is 44.5 Å². The fraction of sp³-hybridized carbons (Fsp3) is 0.0323. The maximum absolute atomic E-state index is 2.63. The van der Waals surface area contributed by atoms with Gasteiger partial charge in [-0.15, -0.1) is 0 Å². The Kier molecular flexibility index (Phi) is 9.72.